The number of hydrogen-bond acceptors (Lipinski definition) is 5. The van der Waals surface area contributed by atoms with Crippen LogP contribution in [0.2, 0.25) is 0 Å². The van der Waals surface area contributed by atoms with Gasteiger partial charge in [0.05, 0.1) is 11.0 Å². The third-order valence-electron chi connectivity index (χ3n) is 4.73. The average Bonchev–Trinajstić information content (AvgIpc) is 2.96. The number of ether oxygens (including phenoxy) is 1. The fraction of sp³-hybridized carbons (Fsp3) is 0.450. The van der Waals surface area contributed by atoms with Gasteiger partial charge >= 0.3 is 0 Å². The van der Waals surface area contributed by atoms with Gasteiger partial charge in [-0.05, 0) is 36.7 Å². The molecule has 1 heterocycles. The number of carbonyl (C=O) groups is 3. The van der Waals surface area contributed by atoms with Crippen LogP contribution < -0.4 is 5.32 Å². The van der Waals surface area contributed by atoms with Gasteiger partial charge in [0.2, 0.25) is 5.91 Å². The lowest BCUT2D eigenvalue weighted by atomic mass is 9.98. The average molecular weight is 406 g/mol. The molecule has 2 fully saturated rings. The molecule has 0 radical (unpaired) electrons. The van der Waals surface area contributed by atoms with E-state index in [1.54, 1.807) is 12.1 Å². The molecule has 1 aromatic carbocycles. The molecule has 3 amide bonds. The summed E-state index contributed by atoms with van der Waals surface area (Å²) in [5, 5.41) is 2.23. The molecule has 1 aromatic rings. The summed E-state index contributed by atoms with van der Waals surface area (Å²) >= 11 is 0.768. The summed E-state index contributed by atoms with van der Waals surface area (Å²) in [6, 6.07) is 6.04. The smallest absolute Gasteiger partial charge is 0.293 e. The Hall–Kier alpha value is -2.19. The van der Waals surface area contributed by atoms with E-state index in [9.17, 15) is 18.8 Å². The zero-order valence-electron chi connectivity index (χ0n) is 15.5. The number of amides is 3. The summed E-state index contributed by atoms with van der Waals surface area (Å²) in [6.45, 7) is 0.200. The van der Waals surface area contributed by atoms with Gasteiger partial charge in [0.15, 0.2) is 0 Å². The van der Waals surface area contributed by atoms with Gasteiger partial charge in [-0.1, -0.05) is 37.5 Å². The molecule has 0 aromatic heterocycles. The summed E-state index contributed by atoms with van der Waals surface area (Å²) in [5.41, 5.74) is 0.251. The van der Waals surface area contributed by atoms with Gasteiger partial charge in [-0.3, -0.25) is 19.3 Å². The Morgan fingerprint density at radius 2 is 2.00 bits per heavy atom. The second kappa shape index (κ2) is 9.84. The van der Waals surface area contributed by atoms with Gasteiger partial charge in [0.1, 0.15) is 12.4 Å². The number of benzene rings is 1. The first-order valence-corrected chi connectivity index (χ1v) is 10.2. The number of rotatable bonds is 7. The van der Waals surface area contributed by atoms with Crippen molar-refractivity contribution in [1.82, 2.24) is 10.2 Å². The standard InChI is InChI=1S/C20H23FN2O4S/c21-16-9-5-4-6-14(16)12-17-19(25)23(20(26)28-17)11-10-22-18(24)13-27-15-7-2-1-3-8-15/h4-6,9,12,15H,1-3,7-8,10-11,13H2,(H,22,24)/b17-12-. The maximum Gasteiger partial charge on any atom is 0.293 e. The number of hydrogen-bond donors (Lipinski definition) is 1. The van der Waals surface area contributed by atoms with Crippen LogP contribution in [-0.2, 0) is 14.3 Å². The van der Waals surface area contributed by atoms with Gasteiger partial charge in [0, 0.05) is 18.7 Å². The van der Waals surface area contributed by atoms with Crippen LogP contribution >= 0.6 is 11.8 Å². The lowest BCUT2D eigenvalue weighted by Crippen LogP contribution is -2.39. The predicted octanol–water partition coefficient (Wildman–Crippen LogP) is 3.33. The van der Waals surface area contributed by atoms with Crippen molar-refractivity contribution in [1.29, 1.82) is 0 Å². The quantitative estimate of drug-likeness (QED) is 0.703. The van der Waals surface area contributed by atoms with Crippen LogP contribution in [0.3, 0.4) is 0 Å². The Bertz CT molecular complexity index is 777. The number of nitrogens with one attached hydrogen (secondary N) is 1. The lowest BCUT2D eigenvalue weighted by molar-refractivity contribution is -0.129. The molecule has 0 atom stereocenters. The molecule has 0 unspecified atom stereocenters. The van der Waals surface area contributed by atoms with Gasteiger partial charge in [0.25, 0.3) is 11.1 Å². The largest absolute Gasteiger partial charge is 0.368 e. The fourth-order valence-electron chi connectivity index (χ4n) is 3.21. The summed E-state index contributed by atoms with van der Waals surface area (Å²) in [4.78, 5) is 37.6. The molecule has 1 aliphatic carbocycles. The molecule has 1 N–H and O–H groups in total. The molecule has 2 aliphatic rings. The van der Waals surface area contributed by atoms with Crippen molar-refractivity contribution in [3.05, 3.63) is 40.6 Å². The Balaban J connectivity index is 1.45. The maximum atomic E-state index is 13.7. The van der Waals surface area contributed by atoms with Crippen LogP contribution in [0.4, 0.5) is 9.18 Å². The van der Waals surface area contributed by atoms with E-state index in [0.717, 1.165) is 42.3 Å². The molecule has 6 nitrogen and oxygen atoms in total. The highest BCUT2D eigenvalue weighted by Gasteiger charge is 2.34. The first-order chi connectivity index (χ1) is 13.5. The first-order valence-electron chi connectivity index (χ1n) is 9.43. The van der Waals surface area contributed by atoms with Crippen molar-refractivity contribution in [2.45, 2.75) is 38.2 Å². The Kier molecular flexibility index (Phi) is 7.22. The Morgan fingerprint density at radius 3 is 2.75 bits per heavy atom. The van der Waals surface area contributed by atoms with E-state index >= 15 is 0 Å². The number of imide groups is 1. The summed E-state index contributed by atoms with van der Waals surface area (Å²) in [7, 11) is 0. The molecular formula is C20H23FN2O4S. The predicted molar refractivity (Wildman–Crippen MR) is 105 cm³/mol. The highest BCUT2D eigenvalue weighted by molar-refractivity contribution is 8.18. The van der Waals surface area contributed by atoms with Crippen molar-refractivity contribution < 1.29 is 23.5 Å². The van der Waals surface area contributed by atoms with Crippen LogP contribution in [0, 0.1) is 5.82 Å². The highest BCUT2D eigenvalue weighted by Crippen LogP contribution is 2.32. The van der Waals surface area contributed by atoms with Crippen LogP contribution in [0.5, 0.6) is 0 Å². The number of nitrogens with zero attached hydrogens (tertiary/aromatic N) is 1. The third-order valence-corrected chi connectivity index (χ3v) is 5.63. The minimum atomic E-state index is -0.481. The minimum Gasteiger partial charge on any atom is -0.368 e. The van der Waals surface area contributed by atoms with Gasteiger partial charge < -0.3 is 10.1 Å². The Labute approximate surface area is 167 Å². The fourth-order valence-corrected chi connectivity index (χ4v) is 4.07. The van der Waals surface area contributed by atoms with E-state index in [1.807, 2.05) is 0 Å². The molecule has 3 rings (SSSR count). The van der Waals surface area contributed by atoms with Crippen molar-refractivity contribution >= 4 is 34.9 Å². The monoisotopic (exact) mass is 406 g/mol. The molecule has 0 bridgehead atoms. The number of halogens is 1. The second-order valence-electron chi connectivity index (χ2n) is 6.78. The highest BCUT2D eigenvalue weighted by atomic mass is 32.2. The van der Waals surface area contributed by atoms with Gasteiger partial charge in [-0.2, -0.15) is 0 Å². The second-order valence-corrected chi connectivity index (χ2v) is 7.77. The van der Waals surface area contributed by atoms with Gasteiger partial charge in [-0.25, -0.2) is 4.39 Å². The van der Waals surface area contributed by atoms with Crippen molar-refractivity contribution in [3.63, 3.8) is 0 Å². The van der Waals surface area contributed by atoms with Crippen molar-refractivity contribution in [2.75, 3.05) is 19.7 Å². The van der Waals surface area contributed by atoms with E-state index in [0.29, 0.717) is 0 Å². The van der Waals surface area contributed by atoms with E-state index in [1.165, 1.54) is 24.6 Å². The molecule has 150 valence electrons. The van der Waals surface area contributed by atoms with Gasteiger partial charge in [-0.15, -0.1) is 0 Å². The van der Waals surface area contributed by atoms with Crippen LogP contribution in [0.25, 0.3) is 6.08 Å². The van der Waals surface area contributed by atoms with Crippen LogP contribution in [0.15, 0.2) is 29.2 Å². The van der Waals surface area contributed by atoms with Crippen molar-refractivity contribution in [2.24, 2.45) is 0 Å². The summed E-state index contributed by atoms with van der Waals surface area (Å²) in [5.74, 6) is -1.20. The normalized spacial score (nSPS) is 19.5. The molecule has 1 saturated carbocycles. The SMILES string of the molecule is O=C(COC1CCCCC1)NCCN1C(=O)S/C(=C\c2ccccc2F)C1=O. The van der Waals surface area contributed by atoms with Crippen LogP contribution in [-0.4, -0.2) is 47.8 Å². The molecule has 28 heavy (non-hydrogen) atoms. The Morgan fingerprint density at radius 1 is 1.25 bits per heavy atom. The van der Waals surface area contributed by atoms with Crippen LogP contribution in [0.1, 0.15) is 37.7 Å². The molecule has 1 aliphatic heterocycles. The lowest BCUT2D eigenvalue weighted by Gasteiger charge is -2.21. The van der Waals surface area contributed by atoms with E-state index in [-0.39, 0.29) is 42.2 Å². The molecule has 0 spiro atoms. The van der Waals surface area contributed by atoms with Crippen molar-refractivity contribution in [3.8, 4) is 0 Å². The van der Waals surface area contributed by atoms with E-state index in [2.05, 4.69) is 5.32 Å². The topological polar surface area (TPSA) is 75.7 Å². The van der Waals surface area contributed by atoms with E-state index < -0.39 is 17.0 Å². The third kappa shape index (κ3) is 5.42. The zero-order chi connectivity index (χ0) is 19.9. The molecule has 1 saturated heterocycles. The number of thioether (sulfide) groups is 1. The van der Waals surface area contributed by atoms with E-state index in [4.69, 9.17) is 4.74 Å². The first kappa shape index (κ1) is 20.5. The minimum absolute atomic E-state index is 0.0141. The molecule has 8 heteroatoms. The summed E-state index contributed by atoms with van der Waals surface area (Å²) < 4.78 is 19.3. The zero-order valence-corrected chi connectivity index (χ0v) is 16.3. The number of carbonyl (C=O) groups excluding carboxylic acids is 3. The molecular weight excluding hydrogens is 383 g/mol. The summed E-state index contributed by atoms with van der Waals surface area (Å²) in [6.07, 6.45) is 6.96. The maximum absolute atomic E-state index is 13.7.